The Morgan fingerprint density at radius 3 is 2.34 bits per heavy atom. The van der Waals surface area contributed by atoms with Gasteiger partial charge in [-0.05, 0) is 60.9 Å². The third kappa shape index (κ3) is 3.93. The Labute approximate surface area is 203 Å². The molecule has 0 radical (unpaired) electrons. The van der Waals surface area contributed by atoms with Crippen LogP contribution in [0.25, 0.3) is 11.1 Å². The number of hydrogen-bond donors (Lipinski definition) is 0. The maximum absolute atomic E-state index is 13.3. The predicted octanol–water partition coefficient (Wildman–Crippen LogP) is 4.52. The van der Waals surface area contributed by atoms with Crippen molar-refractivity contribution < 1.29 is 19.1 Å². The summed E-state index contributed by atoms with van der Waals surface area (Å²) in [6.07, 6.45) is 0.866. The first-order valence-electron chi connectivity index (χ1n) is 11.5. The van der Waals surface area contributed by atoms with Crippen LogP contribution >= 0.6 is 0 Å². The number of anilines is 1. The van der Waals surface area contributed by atoms with Crippen LogP contribution in [0, 0.1) is 11.3 Å². The van der Waals surface area contributed by atoms with Crippen LogP contribution in [-0.2, 0) is 9.59 Å². The van der Waals surface area contributed by atoms with Crippen LogP contribution in [0.5, 0.6) is 5.75 Å². The maximum Gasteiger partial charge on any atom is 0.312 e. The molecule has 0 bridgehead atoms. The minimum absolute atomic E-state index is 0.00288. The van der Waals surface area contributed by atoms with Gasteiger partial charge in [-0.3, -0.25) is 19.3 Å². The van der Waals surface area contributed by atoms with Crippen molar-refractivity contribution in [2.75, 3.05) is 11.4 Å². The van der Waals surface area contributed by atoms with Crippen LogP contribution in [0.1, 0.15) is 42.1 Å². The Bertz CT molecular complexity index is 1360. The molecule has 0 aromatic heterocycles. The molecule has 2 heterocycles. The van der Waals surface area contributed by atoms with Gasteiger partial charge in [0.15, 0.2) is 0 Å². The Hall–Kier alpha value is -4.44. The van der Waals surface area contributed by atoms with Crippen LogP contribution in [0.15, 0.2) is 72.8 Å². The molecule has 7 nitrogen and oxygen atoms in total. The SMILES string of the molecule is CC12CCC(=O)N1c1ccccc1C(=O)N2CCC(=O)Oc1ccc(-c2ccc(C#N)cc2)cc1. The fourth-order valence-corrected chi connectivity index (χ4v) is 4.88. The van der Waals surface area contributed by atoms with Crippen LogP contribution in [0.2, 0.25) is 0 Å². The van der Waals surface area contributed by atoms with Crippen LogP contribution in [0.3, 0.4) is 0 Å². The maximum atomic E-state index is 13.3. The van der Waals surface area contributed by atoms with Crippen LogP contribution in [0.4, 0.5) is 5.69 Å². The first-order chi connectivity index (χ1) is 16.9. The summed E-state index contributed by atoms with van der Waals surface area (Å²) < 4.78 is 5.50. The summed E-state index contributed by atoms with van der Waals surface area (Å²) in [6, 6.07) is 23.5. The Morgan fingerprint density at radius 2 is 1.66 bits per heavy atom. The van der Waals surface area contributed by atoms with Gasteiger partial charge in [-0.15, -0.1) is 0 Å². The number of carbonyl (C=O) groups is 3. The molecule has 3 aromatic carbocycles. The fourth-order valence-electron chi connectivity index (χ4n) is 4.88. The second kappa shape index (κ2) is 8.73. The minimum Gasteiger partial charge on any atom is -0.426 e. The Kier molecular flexibility index (Phi) is 5.58. The van der Waals surface area contributed by atoms with Gasteiger partial charge in [0.05, 0.1) is 29.3 Å². The third-order valence-electron chi connectivity index (χ3n) is 6.72. The summed E-state index contributed by atoms with van der Waals surface area (Å²) in [5.74, 6) is -0.259. The highest BCUT2D eigenvalue weighted by molar-refractivity contribution is 6.10. The van der Waals surface area contributed by atoms with Crippen LogP contribution < -0.4 is 9.64 Å². The zero-order valence-corrected chi connectivity index (χ0v) is 19.2. The number of nitriles is 1. The Morgan fingerprint density at radius 1 is 1.00 bits per heavy atom. The van der Waals surface area contributed by atoms with E-state index in [2.05, 4.69) is 6.07 Å². The van der Waals surface area contributed by atoms with Crippen molar-refractivity contribution in [3.05, 3.63) is 83.9 Å². The van der Waals surface area contributed by atoms with Gasteiger partial charge in [0.25, 0.3) is 5.91 Å². The second-order valence-corrected chi connectivity index (χ2v) is 8.86. The Balaban J connectivity index is 1.27. The highest BCUT2D eigenvalue weighted by Crippen LogP contribution is 2.44. The molecule has 0 aliphatic carbocycles. The molecule has 2 amide bonds. The second-order valence-electron chi connectivity index (χ2n) is 8.86. The predicted molar refractivity (Wildman–Crippen MR) is 129 cm³/mol. The molecule has 3 aromatic rings. The van der Waals surface area contributed by atoms with E-state index in [1.54, 1.807) is 52.3 Å². The number of esters is 1. The van der Waals surface area contributed by atoms with E-state index in [9.17, 15) is 14.4 Å². The smallest absolute Gasteiger partial charge is 0.312 e. The summed E-state index contributed by atoms with van der Waals surface area (Å²) >= 11 is 0. The topological polar surface area (TPSA) is 90.7 Å². The van der Waals surface area contributed by atoms with E-state index in [4.69, 9.17) is 10.00 Å². The van der Waals surface area contributed by atoms with Gasteiger partial charge in [0.1, 0.15) is 11.4 Å². The molecule has 7 heteroatoms. The van der Waals surface area contributed by atoms with E-state index < -0.39 is 11.6 Å². The van der Waals surface area contributed by atoms with E-state index in [1.165, 1.54) is 0 Å². The summed E-state index contributed by atoms with van der Waals surface area (Å²) in [7, 11) is 0. The van der Waals surface area contributed by atoms with E-state index in [0.717, 1.165) is 11.1 Å². The molecule has 1 fully saturated rings. The first kappa shape index (κ1) is 22.4. The molecule has 0 saturated carbocycles. The van der Waals surface area contributed by atoms with Gasteiger partial charge < -0.3 is 9.64 Å². The molecule has 2 aliphatic rings. The van der Waals surface area contributed by atoms with Crippen molar-refractivity contribution in [2.24, 2.45) is 0 Å². The molecule has 1 atom stereocenters. The van der Waals surface area contributed by atoms with Crippen molar-refractivity contribution in [1.82, 2.24) is 4.90 Å². The van der Waals surface area contributed by atoms with Crippen molar-refractivity contribution in [3.63, 3.8) is 0 Å². The van der Waals surface area contributed by atoms with Crippen LogP contribution in [-0.4, -0.2) is 34.9 Å². The highest BCUT2D eigenvalue weighted by atomic mass is 16.5. The van der Waals surface area contributed by atoms with Gasteiger partial charge in [-0.25, -0.2) is 0 Å². The summed E-state index contributed by atoms with van der Waals surface area (Å²) in [5, 5.41) is 8.94. The molecular weight excluding hydrogens is 442 g/mol. The number of amides is 2. The lowest BCUT2D eigenvalue weighted by atomic mass is 9.98. The lowest BCUT2D eigenvalue weighted by Gasteiger charge is -2.48. The average Bonchev–Trinajstić information content (AvgIpc) is 3.19. The fraction of sp³-hybridized carbons (Fsp3) is 0.214. The monoisotopic (exact) mass is 465 g/mol. The van der Waals surface area contributed by atoms with Crippen molar-refractivity contribution in [3.8, 4) is 22.9 Å². The van der Waals surface area contributed by atoms with E-state index in [-0.39, 0.29) is 24.8 Å². The molecule has 35 heavy (non-hydrogen) atoms. The van der Waals surface area contributed by atoms with Gasteiger partial charge in [-0.1, -0.05) is 36.4 Å². The summed E-state index contributed by atoms with van der Waals surface area (Å²) in [6.45, 7) is 2.02. The summed E-state index contributed by atoms with van der Waals surface area (Å²) in [4.78, 5) is 41.9. The first-order valence-corrected chi connectivity index (χ1v) is 11.5. The standard InChI is InChI=1S/C28H23N3O4/c1-28-16-14-25(32)31(28)24-5-3-2-4-23(24)27(34)30(28)17-15-26(33)35-22-12-10-21(11-13-22)20-8-6-19(18-29)7-9-20/h2-13H,14-17H2,1H3. The molecule has 5 rings (SSSR count). The van der Waals surface area contributed by atoms with Crippen molar-refractivity contribution in [1.29, 1.82) is 5.26 Å². The quantitative estimate of drug-likeness (QED) is 0.408. The average molecular weight is 466 g/mol. The lowest BCUT2D eigenvalue weighted by Crippen LogP contribution is -2.62. The highest BCUT2D eigenvalue weighted by Gasteiger charge is 2.52. The normalized spacial score (nSPS) is 18.6. The zero-order valence-electron chi connectivity index (χ0n) is 19.2. The van der Waals surface area contributed by atoms with Gasteiger partial charge in [0.2, 0.25) is 5.91 Å². The number of hydrogen-bond acceptors (Lipinski definition) is 5. The molecule has 1 unspecified atom stereocenters. The molecule has 0 N–H and O–H groups in total. The third-order valence-corrected chi connectivity index (χ3v) is 6.72. The molecule has 0 spiro atoms. The summed E-state index contributed by atoms with van der Waals surface area (Å²) in [5.41, 5.74) is 2.77. The largest absolute Gasteiger partial charge is 0.426 e. The number of rotatable bonds is 5. The zero-order chi connectivity index (χ0) is 24.6. The number of benzene rings is 3. The van der Waals surface area contributed by atoms with E-state index in [1.807, 2.05) is 37.3 Å². The number of ether oxygens (including phenoxy) is 1. The minimum atomic E-state index is -0.800. The van der Waals surface area contributed by atoms with E-state index >= 15 is 0 Å². The van der Waals surface area contributed by atoms with Gasteiger partial charge in [-0.2, -0.15) is 5.26 Å². The van der Waals surface area contributed by atoms with Gasteiger partial charge in [0, 0.05) is 13.0 Å². The number of para-hydroxylation sites is 1. The van der Waals surface area contributed by atoms with Gasteiger partial charge >= 0.3 is 5.97 Å². The molecule has 2 aliphatic heterocycles. The number of carbonyl (C=O) groups excluding carboxylic acids is 3. The number of fused-ring (bicyclic) bond motifs is 3. The van der Waals surface area contributed by atoms with Crippen molar-refractivity contribution in [2.45, 2.75) is 31.8 Å². The molecule has 1 saturated heterocycles. The number of nitrogens with zero attached hydrogens (tertiary/aromatic N) is 3. The lowest BCUT2D eigenvalue weighted by molar-refractivity contribution is -0.134. The van der Waals surface area contributed by atoms with Crippen molar-refractivity contribution >= 4 is 23.5 Å². The van der Waals surface area contributed by atoms with E-state index in [0.29, 0.717) is 35.4 Å². The molecule has 174 valence electrons. The molecular formula is C28H23N3O4.